The zero-order chi connectivity index (χ0) is 18.1. The van der Waals surface area contributed by atoms with E-state index in [2.05, 4.69) is 45.9 Å². The van der Waals surface area contributed by atoms with Crippen molar-refractivity contribution in [2.24, 2.45) is 0 Å². The van der Waals surface area contributed by atoms with Gasteiger partial charge in [-0.15, -0.1) is 0 Å². The quantitative estimate of drug-likeness (QED) is 0.692. The van der Waals surface area contributed by atoms with Crippen molar-refractivity contribution in [1.82, 2.24) is 24.5 Å². The lowest BCUT2D eigenvalue weighted by Gasteiger charge is -2.32. The maximum absolute atomic E-state index is 5.96. The summed E-state index contributed by atoms with van der Waals surface area (Å²) < 4.78 is 4.12. The second kappa shape index (κ2) is 7.25. The Labute approximate surface area is 159 Å². The fourth-order valence-corrected chi connectivity index (χ4v) is 3.90. The van der Waals surface area contributed by atoms with E-state index in [1.807, 2.05) is 35.1 Å². The number of piperidine rings is 1. The van der Waals surface area contributed by atoms with E-state index >= 15 is 0 Å². The summed E-state index contributed by atoms with van der Waals surface area (Å²) in [5.41, 5.74) is 4.65. The van der Waals surface area contributed by atoms with Gasteiger partial charge in [-0.25, -0.2) is 4.68 Å². The second-order valence-electron chi connectivity index (χ2n) is 7.15. The molecule has 0 bridgehead atoms. The van der Waals surface area contributed by atoms with Gasteiger partial charge in [0.05, 0.1) is 23.6 Å². The van der Waals surface area contributed by atoms with E-state index in [1.54, 1.807) is 0 Å². The first kappa shape index (κ1) is 17.3. The molecule has 5 nitrogen and oxygen atoms in total. The molecule has 0 saturated carbocycles. The van der Waals surface area contributed by atoms with Gasteiger partial charge in [0.25, 0.3) is 0 Å². The van der Waals surface area contributed by atoms with Crippen LogP contribution in [0.4, 0.5) is 0 Å². The van der Waals surface area contributed by atoms with Gasteiger partial charge in [-0.1, -0.05) is 11.6 Å². The maximum Gasteiger partial charge on any atom is 0.0646 e. The van der Waals surface area contributed by atoms with Crippen LogP contribution in [-0.2, 0) is 6.54 Å². The number of hydrogen-bond donors (Lipinski definition) is 0. The third-order valence-corrected chi connectivity index (χ3v) is 5.33. The van der Waals surface area contributed by atoms with Crippen molar-refractivity contribution in [2.75, 3.05) is 13.1 Å². The molecule has 3 heterocycles. The van der Waals surface area contributed by atoms with E-state index in [-0.39, 0.29) is 0 Å². The Morgan fingerprint density at radius 2 is 1.85 bits per heavy atom. The van der Waals surface area contributed by atoms with Crippen molar-refractivity contribution < 1.29 is 0 Å². The van der Waals surface area contributed by atoms with Gasteiger partial charge in [-0.3, -0.25) is 9.58 Å². The average molecular weight is 370 g/mol. The van der Waals surface area contributed by atoms with Crippen LogP contribution in [0.2, 0.25) is 5.02 Å². The molecule has 136 valence electrons. The minimum absolute atomic E-state index is 0.525. The Bertz CT molecular complexity index is 872. The van der Waals surface area contributed by atoms with Crippen molar-refractivity contribution in [3.05, 3.63) is 64.7 Å². The van der Waals surface area contributed by atoms with E-state index in [4.69, 9.17) is 11.6 Å². The van der Waals surface area contributed by atoms with Crippen LogP contribution in [0.25, 0.3) is 5.69 Å². The number of hydrogen-bond acceptors (Lipinski definition) is 3. The molecule has 1 aromatic carbocycles. The SMILES string of the molecule is Cc1cc(C)n(C2CCN(Cc3cnn(-c4ccc(Cl)cc4)c3)CC2)n1. The van der Waals surface area contributed by atoms with Gasteiger partial charge in [0.15, 0.2) is 0 Å². The van der Waals surface area contributed by atoms with Crippen LogP contribution in [0.3, 0.4) is 0 Å². The molecular formula is C20H24ClN5. The molecule has 0 N–H and O–H groups in total. The Morgan fingerprint density at radius 3 is 2.50 bits per heavy atom. The third-order valence-electron chi connectivity index (χ3n) is 5.08. The van der Waals surface area contributed by atoms with Crippen molar-refractivity contribution >= 4 is 11.6 Å². The second-order valence-corrected chi connectivity index (χ2v) is 7.58. The first-order chi connectivity index (χ1) is 12.6. The van der Waals surface area contributed by atoms with Crippen molar-refractivity contribution in [3.63, 3.8) is 0 Å². The third kappa shape index (κ3) is 3.69. The van der Waals surface area contributed by atoms with Crippen LogP contribution in [0.5, 0.6) is 0 Å². The first-order valence-electron chi connectivity index (χ1n) is 9.13. The summed E-state index contributed by atoms with van der Waals surface area (Å²) in [7, 11) is 0. The van der Waals surface area contributed by atoms with Crippen LogP contribution in [0.15, 0.2) is 42.7 Å². The summed E-state index contributed by atoms with van der Waals surface area (Å²) in [5, 5.41) is 9.89. The minimum atomic E-state index is 0.525. The number of rotatable bonds is 4. The molecule has 0 amide bonds. The lowest BCUT2D eigenvalue weighted by molar-refractivity contribution is 0.172. The molecule has 0 atom stereocenters. The summed E-state index contributed by atoms with van der Waals surface area (Å²) in [4.78, 5) is 2.51. The monoisotopic (exact) mass is 369 g/mol. The number of aryl methyl sites for hydroxylation is 2. The van der Waals surface area contributed by atoms with Crippen LogP contribution < -0.4 is 0 Å². The molecule has 4 rings (SSSR count). The van der Waals surface area contributed by atoms with Gasteiger partial charge in [0, 0.05) is 42.1 Å². The van der Waals surface area contributed by atoms with Crippen LogP contribution in [0, 0.1) is 13.8 Å². The number of nitrogens with zero attached hydrogens (tertiary/aromatic N) is 5. The highest BCUT2D eigenvalue weighted by Crippen LogP contribution is 2.25. The Morgan fingerprint density at radius 1 is 1.12 bits per heavy atom. The Balaban J connectivity index is 1.36. The Hall–Kier alpha value is -2.11. The summed E-state index contributed by atoms with van der Waals surface area (Å²) in [6.45, 7) is 7.34. The van der Waals surface area contributed by atoms with Gasteiger partial charge in [-0.2, -0.15) is 10.2 Å². The highest BCUT2D eigenvalue weighted by Gasteiger charge is 2.22. The van der Waals surface area contributed by atoms with E-state index < -0.39 is 0 Å². The lowest BCUT2D eigenvalue weighted by Crippen LogP contribution is -2.34. The van der Waals surface area contributed by atoms with Gasteiger partial charge >= 0.3 is 0 Å². The standard InChI is InChI=1S/C20H24ClN5/c1-15-11-16(2)26(23-15)20-7-9-24(10-8-20)13-17-12-22-25(14-17)19-5-3-18(21)4-6-19/h3-6,11-12,14,20H,7-10,13H2,1-2H3. The van der Waals surface area contributed by atoms with Crippen molar-refractivity contribution in [3.8, 4) is 5.69 Å². The summed E-state index contributed by atoms with van der Waals surface area (Å²) in [6.07, 6.45) is 6.36. The van der Waals surface area contributed by atoms with Gasteiger partial charge in [0.2, 0.25) is 0 Å². The molecule has 0 spiro atoms. The topological polar surface area (TPSA) is 38.9 Å². The maximum atomic E-state index is 5.96. The first-order valence-corrected chi connectivity index (χ1v) is 9.51. The highest BCUT2D eigenvalue weighted by atomic mass is 35.5. The minimum Gasteiger partial charge on any atom is -0.299 e. The van der Waals surface area contributed by atoms with Crippen molar-refractivity contribution in [1.29, 1.82) is 0 Å². The fraction of sp³-hybridized carbons (Fsp3) is 0.400. The molecule has 2 aromatic heterocycles. The van der Waals surface area contributed by atoms with Crippen LogP contribution in [0.1, 0.15) is 35.8 Å². The molecule has 1 saturated heterocycles. The largest absolute Gasteiger partial charge is 0.299 e. The van der Waals surface area contributed by atoms with E-state index in [9.17, 15) is 0 Å². The van der Waals surface area contributed by atoms with E-state index in [1.165, 1.54) is 11.3 Å². The molecule has 3 aromatic rings. The van der Waals surface area contributed by atoms with Gasteiger partial charge in [0.1, 0.15) is 0 Å². The number of benzene rings is 1. The average Bonchev–Trinajstić information content (AvgIpc) is 3.22. The molecule has 1 aliphatic heterocycles. The Kier molecular flexibility index (Phi) is 4.83. The molecule has 6 heteroatoms. The smallest absolute Gasteiger partial charge is 0.0646 e. The van der Waals surface area contributed by atoms with Crippen molar-refractivity contribution in [2.45, 2.75) is 39.3 Å². The number of likely N-dealkylation sites (tertiary alicyclic amines) is 1. The predicted molar refractivity (Wildman–Crippen MR) is 104 cm³/mol. The van der Waals surface area contributed by atoms with Gasteiger partial charge in [-0.05, 0) is 57.0 Å². The molecule has 1 aliphatic rings. The number of halogens is 1. The van der Waals surface area contributed by atoms with Gasteiger partial charge < -0.3 is 0 Å². The number of aromatic nitrogens is 4. The van der Waals surface area contributed by atoms with Crippen LogP contribution >= 0.6 is 11.6 Å². The predicted octanol–water partition coefficient (Wildman–Crippen LogP) is 4.18. The summed E-state index contributed by atoms with van der Waals surface area (Å²) >= 11 is 5.96. The van der Waals surface area contributed by atoms with E-state index in [0.29, 0.717) is 6.04 Å². The van der Waals surface area contributed by atoms with E-state index in [0.717, 1.165) is 48.9 Å². The molecule has 0 radical (unpaired) electrons. The molecule has 0 unspecified atom stereocenters. The fourth-order valence-electron chi connectivity index (χ4n) is 3.77. The molecule has 26 heavy (non-hydrogen) atoms. The zero-order valence-electron chi connectivity index (χ0n) is 15.3. The van der Waals surface area contributed by atoms with Crippen LogP contribution in [-0.4, -0.2) is 37.6 Å². The zero-order valence-corrected chi connectivity index (χ0v) is 16.0. The lowest BCUT2D eigenvalue weighted by atomic mass is 10.0. The summed E-state index contributed by atoms with van der Waals surface area (Å²) in [6, 6.07) is 10.4. The molecular weight excluding hydrogens is 346 g/mol. The highest BCUT2D eigenvalue weighted by molar-refractivity contribution is 6.30. The molecule has 0 aliphatic carbocycles. The molecule has 1 fully saturated rings. The normalized spacial score (nSPS) is 16.3. The summed E-state index contributed by atoms with van der Waals surface area (Å²) in [5.74, 6) is 0.